The zero-order valence-electron chi connectivity index (χ0n) is 5.62. The van der Waals surface area contributed by atoms with Crippen LogP contribution in [-0.2, 0) is 13.7 Å². The van der Waals surface area contributed by atoms with E-state index in [2.05, 4.69) is 0 Å². The van der Waals surface area contributed by atoms with Gasteiger partial charge in [0, 0.05) is 0 Å². The minimum atomic E-state index is -4.27. The molecule has 0 saturated heterocycles. The van der Waals surface area contributed by atoms with E-state index in [9.17, 15) is 13.7 Å². The van der Waals surface area contributed by atoms with Gasteiger partial charge in [-0.05, 0) is 0 Å². The average Bonchev–Trinajstić information content (AvgIpc) is 1.84. The first-order chi connectivity index (χ1) is 5.49. The van der Waals surface area contributed by atoms with Gasteiger partial charge in [0.2, 0.25) is 0 Å². The molecule has 0 unspecified atom stereocenters. The molecule has 0 heterocycles. The summed E-state index contributed by atoms with van der Waals surface area (Å²) in [6, 6.07) is 0. The summed E-state index contributed by atoms with van der Waals surface area (Å²) >= 11 is 0. The van der Waals surface area contributed by atoms with Crippen molar-refractivity contribution in [2.24, 2.45) is 0 Å². The first kappa shape index (κ1) is 12.1. The summed E-state index contributed by atoms with van der Waals surface area (Å²) in [5, 5.41) is 0. The van der Waals surface area contributed by atoms with E-state index < -0.39 is 29.7 Å². The molecular weight excluding hydrogens is 223 g/mol. The molecule has 0 aliphatic heterocycles. The number of rotatable bonds is 2. The van der Waals surface area contributed by atoms with Crippen molar-refractivity contribution in [1.29, 1.82) is 0 Å². The summed E-state index contributed by atoms with van der Waals surface area (Å²) in [7, 11) is -5.39. The Morgan fingerprint density at radius 3 is 1.92 bits per heavy atom. The predicted molar refractivity (Wildman–Crippen MR) is 41.7 cm³/mol. The average molecular weight is 227 g/mol. The molecule has 0 fully saturated rings. The molecule has 0 aliphatic carbocycles. The summed E-state index contributed by atoms with van der Waals surface area (Å²) in [6.45, 7) is 0. The van der Waals surface area contributed by atoms with Crippen LogP contribution in [0.2, 0.25) is 0 Å². The normalized spacial score (nSPS) is 10.2. The van der Waals surface area contributed by atoms with Crippen molar-refractivity contribution in [2.75, 3.05) is 6.29 Å². The molecule has 0 aromatic rings. The van der Waals surface area contributed by atoms with Crippen LogP contribution in [0.5, 0.6) is 0 Å². The van der Waals surface area contributed by atoms with E-state index in [1.54, 1.807) is 0 Å². The van der Waals surface area contributed by atoms with Gasteiger partial charge < -0.3 is 0 Å². The summed E-state index contributed by atoms with van der Waals surface area (Å²) in [6.07, 6.45) is -0.739. The van der Waals surface area contributed by atoms with E-state index in [-0.39, 0.29) is 0 Å². The van der Waals surface area contributed by atoms with Crippen LogP contribution in [0.25, 0.3) is 0 Å². The van der Waals surface area contributed by atoms with Crippen LogP contribution in [-0.4, -0.2) is 21.0 Å². The Kier molecular flexibility index (Phi) is 5.78. The monoisotopic (exact) mass is 227 g/mol. The second-order valence-electron chi connectivity index (χ2n) is 1.62. The number of hydrogen-bond acceptors (Lipinski definition) is 4. The van der Waals surface area contributed by atoms with Gasteiger partial charge in [-0.15, -0.1) is 0 Å². The molecule has 6 nitrogen and oxygen atoms in total. The van der Waals surface area contributed by atoms with Gasteiger partial charge in [0.15, 0.2) is 0 Å². The second-order valence-corrected chi connectivity index (χ2v) is 3.99. The molecule has 0 amide bonds. The molecule has 0 rings (SSSR count). The van der Waals surface area contributed by atoms with E-state index in [0.29, 0.717) is 4.90 Å². The maximum atomic E-state index is 10.4. The fourth-order valence-corrected chi connectivity index (χ4v) is 1.62. The van der Waals surface area contributed by atoms with Crippen LogP contribution >= 0.6 is 23.4 Å². The van der Waals surface area contributed by atoms with Crippen LogP contribution in [0.3, 0.4) is 0 Å². The van der Waals surface area contributed by atoms with Crippen molar-refractivity contribution in [3.05, 3.63) is 0 Å². The Bertz CT molecular complexity index is 358. The quantitative estimate of drug-likeness (QED) is 0.536. The van der Waals surface area contributed by atoms with Gasteiger partial charge in [-0.2, -0.15) is 0 Å². The third-order valence-corrected chi connectivity index (χ3v) is 1.95. The predicted octanol–water partition coefficient (Wildman–Crippen LogP) is 0.840. The van der Waals surface area contributed by atoms with E-state index in [1.165, 1.54) is 0 Å². The van der Waals surface area contributed by atoms with Crippen molar-refractivity contribution in [3.63, 3.8) is 0 Å². The van der Waals surface area contributed by atoms with Crippen LogP contribution in [0.4, 0.5) is 0 Å². The Morgan fingerprint density at radius 2 is 1.67 bits per heavy atom. The van der Waals surface area contributed by atoms with Gasteiger partial charge in [-0.3, -0.25) is 0 Å². The molecule has 12 heavy (non-hydrogen) atoms. The SMILES string of the molecule is O=P#CN(C#P=O)CP(=O)(O)O. The van der Waals surface area contributed by atoms with E-state index in [4.69, 9.17) is 9.79 Å². The topological polar surface area (TPSA) is 94.9 Å². The Labute approximate surface area is 70.4 Å². The molecule has 0 spiro atoms. The first-order valence-electron chi connectivity index (χ1n) is 2.47. The van der Waals surface area contributed by atoms with Crippen molar-refractivity contribution >= 4 is 23.4 Å². The molecule has 9 heteroatoms. The number of hydrogen-bond donors (Lipinski definition) is 2. The minimum absolute atomic E-state index is 0.561. The van der Waals surface area contributed by atoms with Crippen LogP contribution < -0.4 is 0 Å². The van der Waals surface area contributed by atoms with Gasteiger partial charge in [-0.1, -0.05) is 0 Å². The summed E-state index contributed by atoms with van der Waals surface area (Å²) in [5.74, 6) is 3.96. The molecule has 0 aromatic carbocycles. The van der Waals surface area contributed by atoms with Gasteiger partial charge in [-0.25, -0.2) is 0 Å². The zero-order chi connectivity index (χ0) is 9.61. The summed E-state index contributed by atoms with van der Waals surface area (Å²) in [4.78, 5) is 17.5. The molecule has 0 aromatic heterocycles. The van der Waals surface area contributed by atoms with Crippen molar-refractivity contribution < 1.29 is 23.5 Å². The van der Waals surface area contributed by atoms with Gasteiger partial charge in [0.05, 0.1) is 0 Å². The van der Waals surface area contributed by atoms with E-state index in [0.717, 1.165) is 0 Å². The van der Waals surface area contributed by atoms with Gasteiger partial charge in [0.25, 0.3) is 0 Å². The molecule has 2 N–H and O–H groups in total. The fourth-order valence-electron chi connectivity index (χ4n) is 0.368. The maximum absolute atomic E-state index is 10.4. The van der Waals surface area contributed by atoms with E-state index in [1.807, 2.05) is 11.5 Å². The van der Waals surface area contributed by atoms with Crippen molar-refractivity contribution in [3.8, 4) is 11.5 Å². The molecule has 0 bridgehead atoms. The van der Waals surface area contributed by atoms with E-state index >= 15 is 0 Å². The molecular formula is C3H4NO5P3. The van der Waals surface area contributed by atoms with Crippen LogP contribution in [0.1, 0.15) is 0 Å². The second kappa shape index (κ2) is 5.72. The molecule has 0 radical (unpaired) electrons. The van der Waals surface area contributed by atoms with Gasteiger partial charge >= 0.3 is 69.6 Å². The molecule has 0 saturated carbocycles. The fraction of sp³-hybridized carbons (Fsp3) is 0.333. The Morgan fingerprint density at radius 1 is 1.25 bits per heavy atom. The standard InChI is InChI=1S/C3H4NO5P3/c5-10-1-4(2-11-6)3-12(7,8)9/h3H2,(H2,7,8,9). The Balaban J connectivity index is 4.60. The molecule has 0 atom stereocenters. The van der Waals surface area contributed by atoms with Gasteiger partial charge in [0.1, 0.15) is 0 Å². The zero-order valence-corrected chi connectivity index (χ0v) is 8.30. The number of nitrogens with zero attached hydrogens (tertiary/aromatic N) is 1. The van der Waals surface area contributed by atoms with Crippen LogP contribution in [0, 0.1) is 11.5 Å². The Hall–Kier alpha value is 0.130. The van der Waals surface area contributed by atoms with Crippen LogP contribution in [0.15, 0.2) is 0 Å². The van der Waals surface area contributed by atoms with Crippen molar-refractivity contribution in [1.82, 2.24) is 4.90 Å². The summed E-state index contributed by atoms with van der Waals surface area (Å²) < 4.78 is 30.2. The van der Waals surface area contributed by atoms with Crippen molar-refractivity contribution in [2.45, 2.75) is 0 Å². The summed E-state index contributed by atoms with van der Waals surface area (Å²) in [5.41, 5.74) is 0. The third-order valence-electron chi connectivity index (χ3n) is 0.649. The molecule has 0 aliphatic rings. The first-order valence-corrected chi connectivity index (χ1v) is 5.90. The molecule has 66 valence electrons. The third kappa shape index (κ3) is 6.82.